The Hall–Kier alpha value is -4.27. The van der Waals surface area contributed by atoms with Gasteiger partial charge in [-0.2, -0.15) is 0 Å². The summed E-state index contributed by atoms with van der Waals surface area (Å²) in [7, 11) is 1.49. The minimum atomic E-state index is -0.838. The smallest absolute Gasteiger partial charge is 0.343 e. The van der Waals surface area contributed by atoms with E-state index in [0.717, 1.165) is 4.90 Å². The zero-order valence-electron chi connectivity index (χ0n) is 19.0. The van der Waals surface area contributed by atoms with Gasteiger partial charge in [0.2, 0.25) is 11.8 Å². The molecule has 0 N–H and O–H groups in total. The van der Waals surface area contributed by atoms with Crippen molar-refractivity contribution in [3.8, 4) is 11.5 Å². The van der Waals surface area contributed by atoms with Crippen LogP contribution < -0.4 is 9.47 Å². The quantitative estimate of drug-likeness (QED) is 0.187. The number of Topliss-reactive ketones (excluding diaryl/α,β-unsaturated/α-hetero) is 1. The van der Waals surface area contributed by atoms with E-state index in [4.69, 9.17) is 14.2 Å². The number of hydrogen-bond acceptors (Lipinski definition) is 8. The van der Waals surface area contributed by atoms with Crippen LogP contribution >= 0.6 is 0 Å². The van der Waals surface area contributed by atoms with Crippen molar-refractivity contribution in [2.75, 3.05) is 20.3 Å². The summed E-state index contributed by atoms with van der Waals surface area (Å²) in [6.45, 7) is -1.07. The molecule has 180 valence electrons. The van der Waals surface area contributed by atoms with E-state index in [0.29, 0.717) is 24.2 Å². The van der Waals surface area contributed by atoms with Gasteiger partial charge in [0.15, 0.2) is 12.4 Å². The summed E-state index contributed by atoms with van der Waals surface area (Å²) in [5.41, 5.74) is 0.547. The second-order valence-electron chi connectivity index (χ2n) is 8.15. The first-order chi connectivity index (χ1) is 16.9. The van der Waals surface area contributed by atoms with E-state index >= 15 is 0 Å². The van der Waals surface area contributed by atoms with Gasteiger partial charge in [0.1, 0.15) is 18.0 Å². The molecule has 9 nitrogen and oxygen atoms in total. The number of allylic oxidation sites excluding steroid dienone is 2. The Morgan fingerprint density at radius 3 is 2.17 bits per heavy atom. The van der Waals surface area contributed by atoms with Crippen LogP contribution in [0.5, 0.6) is 11.5 Å². The molecule has 0 bridgehead atoms. The number of carbonyl (C=O) groups excluding carboxylic acids is 5. The van der Waals surface area contributed by atoms with Gasteiger partial charge in [0.05, 0.1) is 24.5 Å². The Morgan fingerprint density at radius 2 is 1.54 bits per heavy atom. The number of hydrogen-bond donors (Lipinski definition) is 0. The molecule has 1 aliphatic carbocycles. The minimum absolute atomic E-state index is 0.230. The summed E-state index contributed by atoms with van der Waals surface area (Å²) in [6.07, 6.45) is 4.67. The molecule has 1 fully saturated rings. The molecule has 0 spiro atoms. The van der Waals surface area contributed by atoms with Crippen molar-refractivity contribution in [2.45, 2.75) is 12.8 Å². The van der Waals surface area contributed by atoms with Gasteiger partial charge in [-0.25, -0.2) is 4.79 Å². The first kappa shape index (κ1) is 23.9. The molecule has 0 radical (unpaired) electrons. The van der Waals surface area contributed by atoms with Crippen LogP contribution in [0.4, 0.5) is 0 Å². The van der Waals surface area contributed by atoms with Gasteiger partial charge in [-0.05, 0) is 55.3 Å². The third-order valence-corrected chi connectivity index (χ3v) is 5.94. The number of fused-ring (bicyclic) bond motifs is 1. The predicted molar refractivity (Wildman–Crippen MR) is 122 cm³/mol. The van der Waals surface area contributed by atoms with Crippen LogP contribution in [0.15, 0.2) is 60.7 Å². The van der Waals surface area contributed by atoms with Crippen molar-refractivity contribution in [3.05, 3.63) is 71.8 Å². The zero-order valence-corrected chi connectivity index (χ0v) is 19.0. The van der Waals surface area contributed by atoms with Crippen molar-refractivity contribution < 1.29 is 38.2 Å². The molecule has 1 heterocycles. The standard InChI is InChI=1S/C26H23NO8/c1-33-19-6-4-5-17(13-19)26(32)35-18-11-9-16(10-12-18)22(28)15-34-23(29)14-27-24(30)20-7-2-3-8-21(20)25(27)31/h2-6,9-13,20-21H,7-8,14-15H2,1H3. The van der Waals surface area contributed by atoms with Gasteiger partial charge >= 0.3 is 11.9 Å². The molecule has 2 aromatic carbocycles. The molecule has 4 rings (SSSR count). The fourth-order valence-electron chi connectivity index (χ4n) is 4.05. The van der Waals surface area contributed by atoms with Crippen molar-refractivity contribution in [1.29, 1.82) is 0 Å². The molecular formula is C26H23NO8. The Morgan fingerprint density at radius 1 is 0.886 bits per heavy atom. The number of likely N-dealkylation sites (tertiary alicyclic amines) is 1. The number of carbonyl (C=O) groups is 5. The Balaban J connectivity index is 1.27. The van der Waals surface area contributed by atoms with Crippen LogP contribution in [-0.2, 0) is 19.1 Å². The number of methoxy groups -OCH3 is 1. The van der Waals surface area contributed by atoms with Gasteiger partial charge in [0, 0.05) is 5.56 Å². The van der Waals surface area contributed by atoms with E-state index in [1.807, 2.05) is 12.2 Å². The molecule has 0 aromatic heterocycles. The summed E-state index contributed by atoms with van der Waals surface area (Å²) in [5, 5.41) is 0. The maximum atomic E-state index is 12.4. The van der Waals surface area contributed by atoms with Gasteiger partial charge < -0.3 is 14.2 Å². The van der Waals surface area contributed by atoms with E-state index in [1.54, 1.807) is 24.3 Å². The number of imide groups is 1. The normalized spacial score (nSPS) is 18.7. The van der Waals surface area contributed by atoms with Crippen molar-refractivity contribution in [3.63, 3.8) is 0 Å². The second kappa shape index (κ2) is 10.3. The van der Waals surface area contributed by atoms with Crippen LogP contribution in [0.2, 0.25) is 0 Å². The van der Waals surface area contributed by atoms with Crippen LogP contribution in [-0.4, -0.2) is 54.7 Å². The van der Waals surface area contributed by atoms with Gasteiger partial charge in [0.25, 0.3) is 0 Å². The third-order valence-electron chi connectivity index (χ3n) is 5.94. The van der Waals surface area contributed by atoms with Gasteiger partial charge in [-0.1, -0.05) is 18.2 Å². The van der Waals surface area contributed by atoms with Crippen molar-refractivity contribution in [1.82, 2.24) is 4.90 Å². The Labute approximate surface area is 201 Å². The summed E-state index contributed by atoms with van der Waals surface area (Å²) in [5.74, 6) is -2.79. The molecule has 2 aliphatic rings. The summed E-state index contributed by atoms with van der Waals surface area (Å²) in [4.78, 5) is 62.6. The van der Waals surface area contributed by atoms with Crippen LogP contribution in [0.3, 0.4) is 0 Å². The van der Waals surface area contributed by atoms with Crippen molar-refractivity contribution in [2.24, 2.45) is 11.8 Å². The molecule has 2 unspecified atom stereocenters. The lowest BCUT2D eigenvalue weighted by Gasteiger charge is -2.14. The molecule has 0 saturated carbocycles. The molecule has 1 aliphatic heterocycles. The number of amides is 2. The molecule has 9 heteroatoms. The number of rotatable bonds is 8. The highest BCUT2D eigenvalue weighted by Gasteiger charge is 2.47. The summed E-state index contributed by atoms with van der Waals surface area (Å²) in [6, 6.07) is 12.3. The van der Waals surface area contributed by atoms with Gasteiger partial charge in [-0.3, -0.25) is 24.1 Å². The van der Waals surface area contributed by atoms with E-state index in [-0.39, 0.29) is 23.1 Å². The lowest BCUT2D eigenvalue weighted by molar-refractivity contribution is -0.152. The number of nitrogens with zero attached hydrogens (tertiary/aromatic N) is 1. The summed E-state index contributed by atoms with van der Waals surface area (Å²) >= 11 is 0. The highest BCUT2D eigenvalue weighted by molar-refractivity contribution is 6.07. The second-order valence-corrected chi connectivity index (χ2v) is 8.15. The largest absolute Gasteiger partial charge is 0.497 e. The molecule has 2 amide bonds. The van der Waals surface area contributed by atoms with E-state index in [9.17, 15) is 24.0 Å². The maximum Gasteiger partial charge on any atom is 0.343 e. The fraction of sp³-hybridized carbons (Fsp3) is 0.269. The van der Waals surface area contributed by atoms with E-state index < -0.39 is 42.7 Å². The molecule has 2 atom stereocenters. The maximum absolute atomic E-state index is 12.4. The van der Waals surface area contributed by atoms with Crippen LogP contribution in [0.1, 0.15) is 33.6 Å². The zero-order chi connectivity index (χ0) is 24.9. The number of benzene rings is 2. The number of ether oxygens (including phenoxy) is 3. The lowest BCUT2D eigenvalue weighted by atomic mass is 9.85. The van der Waals surface area contributed by atoms with Crippen molar-refractivity contribution >= 4 is 29.5 Å². The van der Waals surface area contributed by atoms with Gasteiger partial charge in [-0.15, -0.1) is 0 Å². The highest BCUT2D eigenvalue weighted by atomic mass is 16.5. The van der Waals surface area contributed by atoms with E-state index in [2.05, 4.69) is 0 Å². The van der Waals surface area contributed by atoms with Crippen LogP contribution in [0, 0.1) is 11.8 Å². The average molecular weight is 477 g/mol. The highest BCUT2D eigenvalue weighted by Crippen LogP contribution is 2.34. The monoisotopic (exact) mass is 477 g/mol. The Bertz CT molecular complexity index is 1170. The topological polar surface area (TPSA) is 116 Å². The molecular weight excluding hydrogens is 454 g/mol. The first-order valence-electron chi connectivity index (χ1n) is 11.0. The SMILES string of the molecule is COc1cccc(C(=O)Oc2ccc(C(=O)COC(=O)CN3C(=O)C4CC=CCC4C3=O)cc2)c1. The van der Waals surface area contributed by atoms with E-state index in [1.165, 1.54) is 31.4 Å². The number of esters is 2. The fourth-order valence-corrected chi connectivity index (χ4v) is 4.05. The number of ketones is 1. The Kier molecular flexibility index (Phi) is 7.05. The van der Waals surface area contributed by atoms with Crippen LogP contribution in [0.25, 0.3) is 0 Å². The molecule has 35 heavy (non-hydrogen) atoms. The first-order valence-corrected chi connectivity index (χ1v) is 11.0. The summed E-state index contributed by atoms with van der Waals surface area (Å²) < 4.78 is 15.4. The third kappa shape index (κ3) is 5.29. The minimum Gasteiger partial charge on any atom is -0.497 e. The average Bonchev–Trinajstić information content (AvgIpc) is 3.12. The lowest BCUT2D eigenvalue weighted by Crippen LogP contribution is -2.37. The predicted octanol–water partition coefficient (Wildman–Crippen LogP) is 2.59. The molecule has 1 saturated heterocycles. The molecule has 2 aromatic rings.